The predicted molar refractivity (Wildman–Crippen MR) is 145 cm³/mol. The van der Waals surface area contributed by atoms with Gasteiger partial charge in [0.2, 0.25) is 5.78 Å². The first-order chi connectivity index (χ1) is 18.4. The van der Waals surface area contributed by atoms with Gasteiger partial charge in [-0.2, -0.15) is 0 Å². The van der Waals surface area contributed by atoms with Crippen molar-refractivity contribution >= 4 is 29.0 Å². The maximum Gasteiger partial charge on any atom is 0.255 e. The molecule has 3 aliphatic rings. The van der Waals surface area contributed by atoms with E-state index in [0.717, 1.165) is 0 Å². The van der Waals surface area contributed by atoms with Crippen LogP contribution in [0.1, 0.15) is 61.2 Å². The Morgan fingerprint density at radius 1 is 1.18 bits per heavy atom. The van der Waals surface area contributed by atoms with Crippen molar-refractivity contribution in [3.05, 3.63) is 45.2 Å². The lowest BCUT2D eigenvalue weighted by molar-refractivity contribution is -0.153. The lowest BCUT2D eigenvalue weighted by Crippen LogP contribution is -2.65. The summed E-state index contributed by atoms with van der Waals surface area (Å²) in [5, 5.41) is 48.6. The number of primary amides is 1. The van der Waals surface area contributed by atoms with E-state index in [9.17, 15) is 39.6 Å². The number of hydrogen-bond acceptors (Lipinski definition) is 10. The molecule has 0 aliphatic heterocycles. The Bertz CT molecular complexity index is 1400. The number of aromatic hydroxyl groups is 1. The van der Waals surface area contributed by atoms with Crippen LogP contribution in [0.25, 0.3) is 5.76 Å². The van der Waals surface area contributed by atoms with Gasteiger partial charge in [0.1, 0.15) is 22.8 Å². The van der Waals surface area contributed by atoms with Crippen molar-refractivity contribution < 1.29 is 39.6 Å². The number of hydrogen-bond donors (Lipinski definition) is 6. The molecule has 1 aromatic rings. The van der Waals surface area contributed by atoms with Crippen LogP contribution in [0.3, 0.4) is 0 Å². The van der Waals surface area contributed by atoms with Crippen LogP contribution in [0.2, 0.25) is 0 Å². The van der Waals surface area contributed by atoms with Crippen LogP contribution < -0.4 is 11.1 Å². The fourth-order valence-corrected chi connectivity index (χ4v) is 6.39. The van der Waals surface area contributed by atoms with E-state index in [0.29, 0.717) is 17.7 Å². The first kappa shape index (κ1) is 29.4. The van der Waals surface area contributed by atoms with Gasteiger partial charge in [-0.3, -0.25) is 24.1 Å². The number of aliphatic hydroxyl groups excluding tert-OH is 2. The van der Waals surface area contributed by atoms with Gasteiger partial charge >= 0.3 is 0 Å². The van der Waals surface area contributed by atoms with Gasteiger partial charge in [0.05, 0.1) is 11.6 Å². The number of nitrogens with zero attached hydrogens (tertiary/aromatic N) is 1. The molecule has 0 unspecified atom stereocenters. The van der Waals surface area contributed by atoms with Crippen molar-refractivity contribution in [1.29, 1.82) is 0 Å². The number of aliphatic hydroxyl groups is 3. The molecule has 4 atom stereocenters. The van der Waals surface area contributed by atoms with E-state index in [1.165, 1.54) is 25.9 Å². The topological polar surface area (TPSA) is 190 Å². The molecule has 1 fully saturated rings. The van der Waals surface area contributed by atoms with Crippen molar-refractivity contribution in [1.82, 2.24) is 10.2 Å². The molecule has 1 amide bonds. The minimum atomic E-state index is -2.71. The van der Waals surface area contributed by atoms with Crippen LogP contribution in [0.15, 0.2) is 23.0 Å². The molecule has 0 bridgehead atoms. The van der Waals surface area contributed by atoms with E-state index < -0.39 is 58.0 Å². The largest absolute Gasteiger partial charge is 0.508 e. The van der Waals surface area contributed by atoms with E-state index in [4.69, 9.17) is 5.73 Å². The zero-order chi connectivity index (χ0) is 30.1. The fraction of sp³-hybridized carbons (Fsp3) is 0.517. The number of fused-ring (bicyclic) bond motifs is 3. The average Bonchev–Trinajstić information content (AvgIpc) is 2.81. The van der Waals surface area contributed by atoms with Gasteiger partial charge in [0.25, 0.3) is 5.91 Å². The highest BCUT2D eigenvalue weighted by molar-refractivity contribution is 6.24. The summed E-state index contributed by atoms with van der Waals surface area (Å²) in [6.45, 7) is 8.25. The molecule has 0 spiro atoms. The molecule has 4 rings (SSSR count). The maximum atomic E-state index is 14.0. The Kier molecular flexibility index (Phi) is 7.23. The molecule has 1 saturated carbocycles. The summed E-state index contributed by atoms with van der Waals surface area (Å²) in [7, 11) is 3.07. The van der Waals surface area contributed by atoms with E-state index in [1.807, 2.05) is 20.8 Å². The summed E-state index contributed by atoms with van der Waals surface area (Å²) >= 11 is 0. The first-order valence-corrected chi connectivity index (χ1v) is 13.2. The van der Waals surface area contributed by atoms with E-state index in [1.54, 1.807) is 6.07 Å². The highest BCUT2D eigenvalue weighted by Gasteiger charge is 2.64. The van der Waals surface area contributed by atoms with Gasteiger partial charge in [-0.25, -0.2) is 0 Å². The van der Waals surface area contributed by atoms with Gasteiger partial charge in [-0.15, -0.1) is 0 Å². The second-order valence-electron chi connectivity index (χ2n) is 12.5. The first-order valence-electron chi connectivity index (χ1n) is 13.2. The SMILES string of the molecule is CC(=O)c1cc(CNCC(C)(C)C)c(O)c2c1C[C@H]1C[C@@H]3[C@@H](N(C)C)C(=O)C(C(N)=O)=C(O)[C@@]3(O)C(=O)C1=C2O. The molecule has 3 aliphatic carbocycles. The van der Waals surface area contributed by atoms with Gasteiger partial charge in [0, 0.05) is 35.7 Å². The molecule has 0 radical (unpaired) electrons. The van der Waals surface area contributed by atoms with Crippen LogP contribution >= 0.6 is 0 Å². The van der Waals surface area contributed by atoms with Crippen molar-refractivity contribution in [3.63, 3.8) is 0 Å². The lowest BCUT2D eigenvalue weighted by atomic mass is 9.57. The van der Waals surface area contributed by atoms with E-state index >= 15 is 0 Å². The van der Waals surface area contributed by atoms with Crippen LogP contribution in [-0.2, 0) is 27.3 Å². The fourth-order valence-electron chi connectivity index (χ4n) is 6.39. The number of amides is 1. The van der Waals surface area contributed by atoms with Crippen molar-refractivity contribution in [2.24, 2.45) is 23.0 Å². The second-order valence-corrected chi connectivity index (χ2v) is 12.5. The maximum absolute atomic E-state index is 14.0. The summed E-state index contributed by atoms with van der Waals surface area (Å²) in [4.78, 5) is 53.4. The average molecular weight is 556 g/mol. The summed E-state index contributed by atoms with van der Waals surface area (Å²) in [6, 6.07) is 0.403. The summed E-state index contributed by atoms with van der Waals surface area (Å²) in [5.41, 5.74) is 2.36. The monoisotopic (exact) mass is 555 g/mol. The summed E-state index contributed by atoms with van der Waals surface area (Å²) in [5.74, 6) is -7.49. The minimum Gasteiger partial charge on any atom is -0.508 e. The minimum absolute atomic E-state index is 0.0429. The Morgan fingerprint density at radius 2 is 1.80 bits per heavy atom. The Hall–Kier alpha value is -3.54. The van der Waals surface area contributed by atoms with Gasteiger partial charge < -0.3 is 31.5 Å². The Balaban J connectivity index is 1.92. The molecule has 11 heteroatoms. The number of likely N-dealkylation sites (N-methyl/N-ethyl adjacent to an activating group) is 1. The van der Waals surface area contributed by atoms with Crippen LogP contribution in [-0.4, -0.2) is 80.9 Å². The standard InChI is InChI=1S/C29H37N3O8/c1-12(33)15-8-14(10-31-11-28(2,3)4)22(34)19-16(15)7-13-9-17-21(32(5)6)24(36)20(27(30)39)26(38)29(17,40)25(37)18(13)23(19)35/h8,13,17,21,31,34-35,38,40H,7,9-11H2,1-6H3,(H2,30,39)/t13-,17+,21+,29-/m0/s1. The van der Waals surface area contributed by atoms with Gasteiger partial charge in [-0.05, 0) is 56.8 Å². The third-order valence-electron chi connectivity index (χ3n) is 8.15. The number of phenols is 1. The number of ketones is 3. The number of phenolic OH excluding ortho intramolecular Hbond substituents is 1. The van der Waals surface area contributed by atoms with Gasteiger partial charge in [-0.1, -0.05) is 20.8 Å². The molecule has 1 aromatic carbocycles. The quantitative estimate of drug-likeness (QED) is 0.220. The molecule has 11 nitrogen and oxygen atoms in total. The molecular formula is C29H37N3O8. The smallest absolute Gasteiger partial charge is 0.255 e. The number of nitrogens with two attached hydrogens (primary N) is 1. The lowest BCUT2D eigenvalue weighted by Gasteiger charge is -2.50. The number of carbonyl (C=O) groups is 4. The normalized spacial score (nSPS) is 26.6. The van der Waals surface area contributed by atoms with Crippen molar-refractivity contribution in [2.45, 2.75) is 58.7 Å². The number of carbonyl (C=O) groups excluding carboxylic acids is 4. The number of benzene rings is 1. The second kappa shape index (κ2) is 9.83. The highest BCUT2D eigenvalue weighted by Crippen LogP contribution is 2.53. The van der Waals surface area contributed by atoms with Crippen LogP contribution in [0.5, 0.6) is 5.75 Å². The molecular weight excluding hydrogens is 518 g/mol. The summed E-state index contributed by atoms with van der Waals surface area (Å²) < 4.78 is 0. The number of rotatable bonds is 6. The molecule has 7 N–H and O–H groups in total. The van der Waals surface area contributed by atoms with E-state index in [-0.39, 0.29) is 53.0 Å². The Morgan fingerprint density at radius 3 is 2.33 bits per heavy atom. The highest BCUT2D eigenvalue weighted by atomic mass is 16.3. The number of nitrogens with one attached hydrogen (secondary N) is 1. The van der Waals surface area contributed by atoms with Crippen LogP contribution in [0.4, 0.5) is 0 Å². The molecule has 0 heterocycles. The molecule has 0 saturated heterocycles. The summed E-state index contributed by atoms with van der Waals surface area (Å²) in [6.07, 6.45) is 0.0193. The zero-order valence-electron chi connectivity index (χ0n) is 23.6. The number of Topliss-reactive ketones (excluding diaryl/α,β-unsaturated/α-hetero) is 3. The van der Waals surface area contributed by atoms with Crippen molar-refractivity contribution in [3.8, 4) is 5.75 Å². The molecule has 40 heavy (non-hydrogen) atoms. The Labute approximate surface area is 232 Å². The zero-order valence-corrected chi connectivity index (χ0v) is 23.6. The predicted octanol–water partition coefficient (Wildman–Crippen LogP) is 1.30. The van der Waals surface area contributed by atoms with Crippen molar-refractivity contribution in [2.75, 3.05) is 20.6 Å². The third kappa shape index (κ3) is 4.42. The third-order valence-corrected chi connectivity index (χ3v) is 8.15. The van der Waals surface area contributed by atoms with E-state index in [2.05, 4.69) is 5.32 Å². The van der Waals surface area contributed by atoms with Crippen LogP contribution in [0, 0.1) is 17.3 Å². The molecule has 0 aromatic heterocycles. The van der Waals surface area contributed by atoms with Gasteiger partial charge in [0.15, 0.2) is 17.2 Å². The molecule has 216 valence electrons.